The van der Waals surface area contributed by atoms with Crippen LogP contribution >= 0.6 is 0 Å². The molecule has 1 aromatic heterocycles. The smallest absolute Gasteiger partial charge is 0.342 e. The molecule has 96 valence electrons. The number of aromatic carboxylic acids is 1. The van der Waals surface area contributed by atoms with Gasteiger partial charge in [0, 0.05) is 0 Å². The van der Waals surface area contributed by atoms with Crippen LogP contribution in [0.2, 0.25) is 0 Å². The minimum absolute atomic E-state index is 0.0155. The van der Waals surface area contributed by atoms with Crippen molar-refractivity contribution in [1.82, 2.24) is 9.78 Å². The van der Waals surface area contributed by atoms with Crippen LogP contribution in [-0.4, -0.2) is 27.5 Å². The van der Waals surface area contributed by atoms with E-state index in [4.69, 9.17) is 9.84 Å². The quantitative estimate of drug-likeness (QED) is 0.849. The third-order valence-electron chi connectivity index (χ3n) is 2.41. The molecule has 0 aliphatic heterocycles. The molecule has 0 aliphatic carbocycles. The number of hydrogen-bond acceptors (Lipinski definition) is 3. The molecule has 1 N–H and O–H groups in total. The topological polar surface area (TPSA) is 64.3 Å². The summed E-state index contributed by atoms with van der Waals surface area (Å²) in [5.74, 6) is 4.51. The molecule has 0 amide bonds. The van der Waals surface area contributed by atoms with Crippen molar-refractivity contribution >= 4 is 5.97 Å². The van der Waals surface area contributed by atoms with Gasteiger partial charge < -0.3 is 9.84 Å². The maximum atomic E-state index is 11.1. The molecule has 0 saturated carbocycles. The fourth-order valence-corrected chi connectivity index (χ4v) is 1.55. The SMILES string of the molecule is CC#CCOc1c(C(=O)O)cnn1-c1ccccc1. The van der Waals surface area contributed by atoms with Crippen LogP contribution in [0.5, 0.6) is 5.88 Å². The van der Waals surface area contributed by atoms with Crippen molar-refractivity contribution in [2.24, 2.45) is 0 Å². The first-order chi connectivity index (χ1) is 9.24. The summed E-state index contributed by atoms with van der Waals surface area (Å²) in [5, 5.41) is 13.2. The molecular formula is C14H12N2O3. The van der Waals surface area contributed by atoms with Crippen molar-refractivity contribution in [3.8, 4) is 23.4 Å². The molecule has 0 saturated heterocycles. The molecule has 2 aromatic rings. The molecule has 5 heteroatoms. The van der Waals surface area contributed by atoms with Crippen LogP contribution in [0, 0.1) is 11.8 Å². The fraction of sp³-hybridized carbons (Fsp3) is 0.143. The van der Waals surface area contributed by atoms with E-state index < -0.39 is 5.97 Å². The number of carboxylic acid groups (broad SMARTS) is 1. The Bertz CT molecular complexity index is 636. The van der Waals surface area contributed by atoms with Gasteiger partial charge in [-0.05, 0) is 19.1 Å². The Morgan fingerprint density at radius 3 is 2.79 bits per heavy atom. The summed E-state index contributed by atoms with van der Waals surface area (Å²) in [5.41, 5.74) is 0.746. The maximum absolute atomic E-state index is 11.1. The predicted octanol–water partition coefficient (Wildman–Crippen LogP) is 1.97. The summed E-state index contributed by atoms with van der Waals surface area (Å²) in [7, 11) is 0. The highest BCUT2D eigenvalue weighted by Crippen LogP contribution is 2.22. The van der Waals surface area contributed by atoms with Gasteiger partial charge in [-0.1, -0.05) is 24.1 Å². The molecule has 0 aliphatic rings. The third-order valence-corrected chi connectivity index (χ3v) is 2.41. The Morgan fingerprint density at radius 1 is 1.42 bits per heavy atom. The van der Waals surface area contributed by atoms with Crippen LogP contribution in [0.15, 0.2) is 36.5 Å². The van der Waals surface area contributed by atoms with Crippen molar-refractivity contribution < 1.29 is 14.6 Å². The lowest BCUT2D eigenvalue weighted by Gasteiger charge is -2.08. The Hall–Kier alpha value is -2.74. The van der Waals surface area contributed by atoms with Gasteiger partial charge in [-0.3, -0.25) is 0 Å². The third kappa shape index (κ3) is 2.75. The average Bonchev–Trinajstić information content (AvgIpc) is 2.84. The Balaban J connectivity index is 2.42. The second-order valence-corrected chi connectivity index (χ2v) is 3.63. The van der Waals surface area contributed by atoms with E-state index in [0.717, 1.165) is 5.69 Å². The van der Waals surface area contributed by atoms with Crippen molar-refractivity contribution in [3.63, 3.8) is 0 Å². The van der Waals surface area contributed by atoms with Gasteiger partial charge in [0.1, 0.15) is 5.56 Å². The molecule has 0 spiro atoms. The van der Waals surface area contributed by atoms with E-state index in [-0.39, 0.29) is 18.1 Å². The van der Waals surface area contributed by atoms with Crippen molar-refractivity contribution in [2.45, 2.75) is 6.92 Å². The average molecular weight is 256 g/mol. The van der Waals surface area contributed by atoms with E-state index in [1.165, 1.54) is 10.9 Å². The zero-order chi connectivity index (χ0) is 13.7. The first-order valence-electron chi connectivity index (χ1n) is 5.63. The zero-order valence-corrected chi connectivity index (χ0v) is 10.3. The van der Waals surface area contributed by atoms with E-state index in [0.29, 0.717) is 0 Å². The van der Waals surface area contributed by atoms with E-state index in [1.807, 2.05) is 30.3 Å². The number of nitrogens with zero attached hydrogens (tertiary/aromatic N) is 2. The van der Waals surface area contributed by atoms with Crippen LogP contribution in [0.3, 0.4) is 0 Å². The first-order valence-corrected chi connectivity index (χ1v) is 5.63. The van der Waals surface area contributed by atoms with Crippen LogP contribution in [-0.2, 0) is 0 Å². The Labute approximate surface area is 110 Å². The van der Waals surface area contributed by atoms with Gasteiger partial charge in [0.2, 0.25) is 5.88 Å². The summed E-state index contributed by atoms with van der Waals surface area (Å²) >= 11 is 0. The lowest BCUT2D eigenvalue weighted by Crippen LogP contribution is -2.06. The van der Waals surface area contributed by atoms with E-state index in [1.54, 1.807) is 6.92 Å². The first kappa shape index (κ1) is 12.7. The molecule has 0 unspecified atom stereocenters. The lowest BCUT2D eigenvalue weighted by atomic mass is 10.3. The normalized spacial score (nSPS) is 9.53. The van der Waals surface area contributed by atoms with Gasteiger partial charge in [0.05, 0.1) is 11.9 Å². The van der Waals surface area contributed by atoms with Crippen molar-refractivity contribution in [2.75, 3.05) is 6.61 Å². The van der Waals surface area contributed by atoms with Gasteiger partial charge in [0.25, 0.3) is 0 Å². The maximum Gasteiger partial charge on any atom is 0.342 e. The van der Waals surface area contributed by atoms with Gasteiger partial charge in [-0.2, -0.15) is 5.10 Å². The van der Waals surface area contributed by atoms with Gasteiger partial charge >= 0.3 is 5.97 Å². The molecule has 19 heavy (non-hydrogen) atoms. The van der Waals surface area contributed by atoms with Gasteiger partial charge in [-0.15, -0.1) is 5.92 Å². The number of hydrogen-bond donors (Lipinski definition) is 1. The molecule has 1 aromatic carbocycles. The molecule has 0 atom stereocenters. The summed E-state index contributed by atoms with van der Waals surface area (Å²) in [6.45, 7) is 1.81. The number of benzene rings is 1. The number of para-hydroxylation sites is 1. The number of aromatic nitrogens is 2. The highest BCUT2D eigenvalue weighted by Gasteiger charge is 2.18. The highest BCUT2D eigenvalue weighted by atomic mass is 16.5. The second-order valence-electron chi connectivity index (χ2n) is 3.63. The Morgan fingerprint density at radius 2 is 2.16 bits per heavy atom. The molecule has 1 heterocycles. The zero-order valence-electron chi connectivity index (χ0n) is 10.3. The number of rotatable bonds is 4. The van der Waals surface area contributed by atoms with E-state index in [9.17, 15) is 4.79 Å². The molecule has 2 rings (SSSR count). The Kier molecular flexibility index (Phi) is 3.84. The second kappa shape index (κ2) is 5.74. The fourth-order valence-electron chi connectivity index (χ4n) is 1.55. The molecule has 0 bridgehead atoms. The number of carbonyl (C=O) groups is 1. The lowest BCUT2D eigenvalue weighted by molar-refractivity contribution is 0.0692. The van der Waals surface area contributed by atoms with Gasteiger partial charge in [0.15, 0.2) is 6.61 Å². The molecule has 0 fully saturated rings. The largest absolute Gasteiger partial charge is 0.477 e. The van der Waals surface area contributed by atoms with Gasteiger partial charge in [-0.25, -0.2) is 9.48 Å². The predicted molar refractivity (Wildman–Crippen MR) is 69.5 cm³/mol. The summed E-state index contributed by atoms with van der Waals surface area (Å²) in [6.07, 6.45) is 1.27. The van der Waals surface area contributed by atoms with Crippen LogP contribution in [0.1, 0.15) is 17.3 Å². The number of carboxylic acids is 1. The highest BCUT2D eigenvalue weighted by molar-refractivity contribution is 5.90. The van der Waals surface area contributed by atoms with E-state index in [2.05, 4.69) is 16.9 Å². The van der Waals surface area contributed by atoms with Crippen LogP contribution in [0.4, 0.5) is 0 Å². The molecule has 0 radical (unpaired) electrons. The monoisotopic (exact) mass is 256 g/mol. The summed E-state index contributed by atoms with van der Waals surface area (Å²) < 4.78 is 6.86. The van der Waals surface area contributed by atoms with Crippen molar-refractivity contribution in [3.05, 3.63) is 42.1 Å². The van der Waals surface area contributed by atoms with Crippen LogP contribution < -0.4 is 4.74 Å². The van der Waals surface area contributed by atoms with Crippen LogP contribution in [0.25, 0.3) is 5.69 Å². The molecule has 5 nitrogen and oxygen atoms in total. The summed E-state index contributed by atoms with van der Waals surface area (Å²) in [6, 6.07) is 9.18. The minimum Gasteiger partial charge on any atom is -0.477 e. The van der Waals surface area contributed by atoms with E-state index >= 15 is 0 Å². The number of ether oxygens (including phenoxy) is 1. The molecular weight excluding hydrogens is 244 g/mol. The minimum atomic E-state index is -1.08. The standard InChI is InChI=1S/C14H12N2O3/c1-2-3-9-19-13-12(14(17)18)10-15-16(13)11-7-5-4-6-8-11/h4-8,10H,9H2,1H3,(H,17,18). The van der Waals surface area contributed by atoms with Crippen molar-refractivity contribution in [1.29, 1.82) is 0 Å². The summed E-state index contributed by atoms with van der Waals surface area (Å²) in [4.78, 5) is 11.1.